The minimum absolute atomic E-state index is 0.0340. The number of carbonyl (C=O) groups excluding carboxylic acids is 2. The Kier molecular flexibility index (Phi) is 5.47. The number of nitrogens with one attached hydrogen (secondary N) is 2. The van der Waals surface area contributed by atoms with Gasteiger partial charge in [-0.05, 0) is 17.7 Å². The average Bonchev–Trinajstić information content (AvgIpc) is 2.43. The molecule has 1 aromatic rings. The molecule has 1 aromatic carbocycles. The lowest BCUT2D eigenvalue weighted by molar-refractivity contribution is -0.119. The van der Waals surface area contributed by atoms with Gasteiger partial charge < -0.3 is 20.8 Å². The van der Waals surface area contributed by atoms with Crippen molar-refractivity contribution in [2.24, 2.45) is 0 Å². The molecule has 0 spiro atoms. The Morgan fingerprint density at radius 2 is 1.79 bits per heavy atom. The first-order valence-corrected chi connectivity index (χ1v) is 5.88. The zero-order chi connectivity index (χ0) is 14.4. The van der Waals surface area contributed by atoms with Crippen molar-refractivity contribution in [1.82, 2.24) is 10.6 Å². The molecule has 0 aliphatic heterocycles. The van der Waals surface area contributed by atoms with Crippen molar-refractivity contribution in [3.63, 3.8) is 0 Å². The molecule has 2 amide bonds. The first kappa shape index (κ1) is 15.1. The first-order valence-electron chi connectivity index (χ1n) is 5.88. The van der Waals surface area contributed by atoms with E-state index in [4.69, 9.17) is 0 Å². The van der Waals surface area contributed by atoms with Crippen LogP contribution < -0.4 is 10.6 Å². The summed E-state index contributed by atoms with van der Waals surface area (Å²) in [5.41, 5.74) is 0.945. The topological polar surface area (TPSA) is 98.7 Å². The highest BCUT2D eigenvalue weighted by molar-refractivity contribution is 5.93. The summed E-state index contributed by atoms with van der Waals surface area (Å²) < 4.78 is 0. The van der Waals surface area contributed by atoms with Crippen LogP contribution in [0, 0.1) is 0 Å². The third kappa shape index (κ3) is 4.35. The number of hydrogen-bond acceptors (Lipinski definition) is 4. The maximum atomic E-state index is 11.3. The van der Waals surface area contributed by atoms with Crippen molar-refractivity contribution in [1.29, 1.82) is 0 Å². The highest BCUT2D eigenvalue weighted by Gasteiger charge is 2.18. The van der Waals surface area contributed by atoms with E-state index in [0.717, 1.165) is 0 Å². The minimum atomic E-state index is -1.12. The maximum Gasteiger partial charge on any atom is 0.251 e. The van der Waals surface area contributed by atoms with Gasteiger partial charge in [0.15, 0.2) is 0 Å². The number of carbonyl (C=O) groups is 2. The van der Waals surface area contributed by atoms with Crippen molar-refractivity contribution >= 4 is 11.8 Å². The highest BCUT2D eigenvalue weighted by atomic mass is 16.3. The van der Waals surface area contributed by atoms with E-state index in [1.807, 2.05) is 0 Å². The lowest BCUT2D eigenvalue weighted by Gasteiger charge is -2.18. The summed E-state index contributed by atoms with van der Waals surface area (Å²) in [6, 6.07) is 6.24. The SMILES string of the molecule is CNC(=O)c1ccc(C(O)C(O)CNC(C)=O)cc1. The Morgan fingerprint density at radius 1 is 1.21 bits per heavy atom. The number of aliphatic hydroxyl groups is 2. The summed E-state index contributed by atoms with van der Waals surface area (Å²) in [5.74, 6) is -0.499. The fourth-order valence-corrected chi connectivity index (χ4v) is 1.56. The highest BCUT2D eigenvalue weighted by Crippen LogP contribution is 2.17. The second-order valence-electron chi connectivity index (χ2n) is 4.15. The van der Waals surface area contributed by atoms with Crippen LogP contribution in [0.25, 0.3) is 0 Å². The molecule has 6 heteroatoms. The Labute approximate surface area is 111 Å². The van der Waals surface area contributed by atoms with Crippen LogP contribution in [0.2, 0.25) is 0 Å². The van der Waals surface area contributed by atoms with Crippen molar-refractivity contribution in [3.05, 3.63) is 35.4 Å². The molecule has 0 radical (unpaired) electrons. The van der Waals surface area contributed by atoms with Crippen LogP contribution in [0.4, 0.5) is 0 Å². The van der Waals surface area contributed by atoms with E-state index in [1.54, 1.807) is 24.3 Å². The molecule has 2 unspecified atom stereocenters. The van der Waals surface area contributed by atoms with Gasteiger partial charge in [-0.25, -0.2) is 0 Å². The normalized spacial score (nSPS) is 13.5. The predicted molar refractivity (Wildman–Crippen MR) is 69.5 cm³/mol. The van der Waals surface area contributed by atoms with Crippen molar-refractivity contribution in [2.75, 3.05) is 13.6 Å². The monoisotopic (exact) mass is 266 g/mol. The minimum Gasteiger partial charge on any atom is -0.388 e. The molecule has 0 aromatic heterocycles. The lowest BCUT2D eigenvalue weighted by atomic mass is 10.0. The maximum absolute atomic E-state index is 11.3. The molecule has 0 aliphatic carbocycles. The Bertz CT molecular complexity index is 444. The van der Waals surface area contributed by atoms with Gasteiger partial charge in [-0.15, -0.1) is 0 Å². The van der Waals surface area contributed by atoms with Gasteiger partial charge in [0.2, 0.25) is 5.91 Å². The van der Waals surface area contributed by atoms with Crippen LogP contribution in [0.3, 0.4) is 0 Å². The molecule has 0 fully saturated rings. The molecular formula is C13H18N2O4. The van der Waals surface area contributed by atoms with Crippen molar-refractivity contribution in [2.45, 2.75) is 19.1 Å². The summed E-state index contributed by atoms with van der Waals surface area (Å²) >= 11 is 0. The first-order chi connectivity index (χ1) is 8.95. The van der Waals surface area contributed by atoms with Crippen LogP contribution in [0.5, 0.6) is 0 Å². The fraction of sp³-hybridized carbons (Fsp3) is 0.385. The fourth-order valence-electron chi connectivity index (χ4n) is 1.56. The molecule has 0 heterocycles. The van der Waals surface area contributed by atoms with Gasteiger partial charge in [0.25, 0.3) is 5.91 Å². The Morgan fingerprint density at radius 3 is 2.26 bits per heavy atom. The molecule has 0 saturated heterocycles. The third-order valence-electron chi connectivity index (χ3n) is 2.67. The van der Waals surface area contributed by atoms with Gasteiger partial charge in [0, 0.05) is 26.1 Å². The molecule has 6 nitrogen and oxygen atoms in total. The third-order valence-corrected chi connectivity index (χ3v) is 2.67. The van der Waals surface area contributed by atoms with E-state index in [0.29, 0.717) is 11.1 Å². The van der Waals surface area contributed by atoms with Gasteiger partial charge in [-0.2, -0.15) is 0 Å². The van der Waals surface area contributed by atoms with E-state index in [2.05, 4.69) is 10.6 Å². The van der Waals surface area contributed by atoms with E-state index >= 15 is 0 Å². The smallest absolute Gasteiger partial charge is 0.251 e. The number of amides is 2. The molecule has 0 bridgehead atoms. The second-order valence-corrected chi connectivity index (χ2v) is 4.15. The van der Waals surface area contributed by atoms with Crippen molar-refractivity contribution in [3.8, 4) is 0 Å². The largest absolute Gasteiger partial charge is 0.388 e. The molecule has 2 atom stereocenters. The van der Waals surface area contributed by atoms with Crippen LogP contribution in [0.1, 0.15) is 28.9 Å². The molecule has 0 saturated carbocycles. The zero-order valence-electron chi connectivity index (χ0n) is 10.9. The van der Waals surface area contributed by atoms with Gasteiger partial charge in [-0.1, -0.05) is 12.1 Å². The van der Waals surface area contributed by atoms with Crippen LogP contribution in [-0.4, -0.2) is 41.7 Å². The van der Waals surface area contributed by atoms with E-state index in [1.165, 1.54) is 14.0 Å². The average molecular weight is 266 g/mol. The molecule has 104 valence electrons. The molecular weight excluding hydrogens is 248 g/mol. The summed E-state index contributed by atoms with van der Waals surface area (Å²) in [4.78, 5) is 22.0. The number of aliphatic hydroxyl groups excluding tert-OH is 2. The van der Waals surface area contributed by atoms with E-state index in [-0.39, 0.29) is 18.4 Å². The standard InChI is InChI=1S/C13H18N2O4/c1-8(16)15-7-11(17)12(18)9-3-5-10(6-4-9)13(19)14-2/h3-6,11-12,17-18H,7H2,1-2H3,(H,14,19)(H,15,16). The summed E-state index contributed by atoms with van der Waals surface area (Å²) in [7, 11) is 1.53. The van der Waals surface area contributed by atoms with Crippen LogP contribution in [0.15, 0.2) is 24.3 Å². The summed E-state index contributed by atoms with van der Waals surface area (Å²) in [6.45, 7) is 1.30. The van der Waals surface area contributed by atoms with Crippen LogP contribution >= 0.6 is 0 Å². The van der Waals surface area contributed by atoms with Gasteiger partial charge in [0.1, 0.15) is 12.2 Å². The molecule has 0 aliphatic rings. The second kappa shape index (κ2) is 6.86. The van der Waals surface area contributed by atoms with E-state index in [9.17, 15) is 19.8 Å². The quantitative estimate of drug-likeness (QED) is 0.581. The summed E-state index contributed by atoms with van der Waals surface area (Å²) in [6.07, 6.45) is -2.22. The number of benzene rings is 1. The van der Waals surface area contributed by atoms with E-state index < -0.39 is 12.2 Å². The lowest BCUT2D eigenvalue weighted by Crippen LogP contribution is -2.34. The Balaban J connectivity index is 2.69. The van der Waals surface area contributed by atoms with Gasteiger partial charge >= 0.3 is 0 Å². The van der Waals surface area contributed by atoms with Crippen molar-refractivity contribution < 1.29 is 19.8 Å². The van der Waals surface area contributed by atoms with Gasteiger partial charge in [0.05, 0.1) is 0 Å². The van der Waals surface area contributed by atoms with Gasteiger partial charge in [-0.3, -0.25) is 9.59 Å². The summed E-state index contributed by atoms with van der Waals surface area (Å²) in [5, 5.41) is 24.5. The molecule has 19 heavy (non-hydrogen) atoms. The number of rotatable bonds is 5. The Hall–Kier alpha value is -1.92. The number of hydrogen-bond donors (Lipinski definition) is 4. The zero-order valence-corrected chi connectivity index (χ0v) is 10.9. The molecule has 1 rings (SSSR count). The van der Waals surface area contributed by atoms with Crippen LogP contribution in [-0.2, 0) is 4.79 Å². The molecule has 4 N–H and O–H groups in total. The predicted octanol–water partition coefficient (Wildman–Crippen LogP) is -0.423.